The van der Waals surface area contributed by atoms with Crippen molar-refractivity contribution in [3.63, 3.8) is 0 Å². The SMILES string of the molecule is Cc1ccc(NC(=O)CCOc2ccc([N+](=O)[O-])cc2)cc1Cl. The van der Waals surface area contributed by atoms with Crippen LogP contribution in [0.3, 0.4) is 0 Å². The summed E-state index contributed by atoms with van der Waals surface area (Å²) in [5.74, 6) is 0.272. The van der Waals surface area contributed by atoms with Crippen molar-refractivity contribution >= 4 is 28.9 Å². The van der Waals surface area contributed by atoms with Gasteiger partial charge in [0.05, 0.1) is 18.0 Å². The largest absolute Gasteiger partial charge is 0.493 e. The minimum absolute atomic E-state index is 0.00802. The lowest BCUT2D eigenvalue weighted by atomic mass is 10.2. The molecule has 2 aromatic carbocycles. The highest BCUT2D eigenvalue weighted by Gasteiger charge is 2.06. The predicted octanol–water partition coefficient (Wildman–Crippen LogP) is 3.96. The molecule has 0 aliphatic carbocycles. The minimum atomic E-state index is -0.482. The number of halogens is 1. The lowest BCUT2D eigenvalue weighted by molar-refractivity contribution is -0.384. The maximum atomic E-state index is 11.8. The van der Waals surface area contributed by atoms with Crippen LogP contribution >= 0.6 is 11.6 Å². The van der Waals surface area contributed by atoms with E-state index in [1.54, 1.807) is 12.1 Å². The van der Waals surface area contributed by atoms with E-state index in [9.17, 15) is 14.9 Å². The normalized spacial score (nSPS) is 10.2. The molecule has 0 fully saturated rings. The van der Waals surface area contributed by atoms with Crippen molar-refractivity contribution in [2.75, 3.05) is 11.9 Å². The van der Waals surface area contributed by atoms with Crippen LogP contribution in [0.15, 0.2) is 42.5 Å². The van der Waals surface area contributed by atoms with Gasteiger partial charge in [-0.25, -0.2) is 0 Å². The first-order chi connectivity index (χ1) is 11.0. The highest BCUT2D eigenvalue weighted by molar-refractivity contribution is 6.31. The van der Waals surface area contributed by atoms with Crippen molar-refractivity contribution in [3.8, 4) is 5.75 Å². The zero-order valence-corrected chi connectivity index (χ0v) is 13.2. The van der Waals surface area contributed by atoms with E-state index in [2.05, 4.69) is 5.32 Å². The van der Waals surface area contributed by atoms with Gasteiger partial charge in [-0.1, -0.05) is 17.7 Å². The number of ether oxygens (including phenoxy) is 1. The quantitative estimate of drug-likeness (QED) is 0.640. The van der Waals surface area contributed by atoms with Gasteiger partial charge in [0, 0.05) is 22.8 Å². The summed E-state index contributed by atoms with van der Waals surface area (Å²) in [7, 11) is 0. The van der Waals surface area contributed by atoms with Crippen LogP contribution in [0, 0.1) is 17.0 Å². The second-order valence-electron chi connectivity index (χ2n) is 4.86. The zero-order chi connectivity index (χ0) is 16.8. The molecule has 6 nitrogen and oxygen atoms in total. The molecule has 0 spiro atoms. The van der Waals surface area contributed by atoms with E-state index < -0.39 is 4.92 Å². The van der Waals surface area contributed by atoms with E-state index in [4.69, 9.17) is 16.3 Å². The molecule has 0 saturated carbocycles. The third kappa shape index (κ3) is 4.96. The van der Waals surface area contributed by atoms with E-state index in [1.165, 1.54) is 24.3 Å². The Bertz CT molecular complexity index is 717. The molecule has 0 atom stereocenters. The van der Waals surface area contributed by atoms with E-state index in [0.29, 0.717) is 16.5 Å². The van der Waals surface area contributed by atoms with Gasteiger partial charge < -0.3 is 10.1 Å². The Labute approximate surface area is 138 Å². The van der Waals surface area contributed by atoms with Crippen LogP contribution in [0.4, 0.5) is 11.4 Å². The number of carbonyl (C=O) groups is 1. The van der Waals surface area contributed by atoms with Crippen LogP contribution in [0.2, 0.25) is 5.02 Å². The number of non-ortho nitro benzene ring substituents is 1. The molecule has 0 unspecified atom stereocenters. The first-order valence-corrected chi connectivity index (χ1v) is 7.27. The Morgan fingerprint density at radius 3 is 2.57 bits per heavy atom. The van der Waals surface area contributed by atoms with Gasteiger partial charge in [-0.15, -0.1) is 0 Å². The second-order valence-corrected chi connectivity index (χ2v) is 5.27. The number of nitrogens with zero attached hydrogens (tertiary/aromatic N) is 1. The van der Waals surface area contributed by atoms with Crippen LogP contribution in [-0.4, -0.2) is 17.4 Å². The van der Waals surface area contributed by atoms with Crippen molar-refractivity contribution in [1.29, 1.82) is 0 Å². The van der Waals surface area contributed by atoms with Gasteiger partial charge in [0.2, 0.25) is 5.91 Å². The third-order valence-corrected chi connectivity index (χ3v) is 3.51. The Hall–Kier alpha value is -2.60. The molecule has 0 aliphatic heterocycles. The molecule has 7 heteroatoms. The molecule has 1 N–H and O–H groups in total. The number of nitro groups is 1. The van der Waals surface area contributed by atoms with Crippen molar-refractivity contribution in [2.45, 2.75) is 13.3 Å². The molecule has 2 rings (SSSR count). The van der Waals surface area contributed by atoms with Gasteiger partial charge in [0.25, 0.3) is 5.69 Å². The summed E-state index contributed by atoms with van der Waals surface area (Å²) in [5.41, 5.74) is 1.55. The molecule has 23 heavy (non-hydrogen) atoms. The summed E-state index contributed by atoms with van der Waals surface area (Å²) < 4.78 is 5.38. The molecule has 0 bridgehead atoms. The van der Waals surface area contributed by atoms with E-state index >= 15 is 0 Å². The molecule has 120 valence electrons. The molecular weight excluding hydrogens is 320 g/mol. The summed E-state index contributed by atoms with van der Waals surface area (Å²) in [6.07, 6.45) is 0.155. The fraction of sp³-hybridized carbons (Fsp3) is 0.188. The van der Waals surface area contributed by atoms with Crippen LogP contribution in [0.25, 0.3) is 0 Å². The zero-order valence-electron chi connectivity index (χ0n) is 12.4. The molecular formula is C16H15ClN2O4. The number of hydrogen-bond acceptors (Lipinski definition) is 4. The van der Waals surface area contributed by atoms with Crippen molar-refractivity contribution in [1.82, 2.24) is 0 Å². The number of rotatable bonds is 6. The number of nitrogens with one attached hydrogen (secondary N) is 1. The van der Waals surface area contributed by atoms with E-state index in [-0.39, 0.29) is 24.6 Å². The van der Waals surface area contributed by atoms with Gasteiger partial charge in [-0.2, -0.15) is 0 Å². The molecule has 0 saturated heterocycles. The van der Waals surface area contributed by atoms with Crippen LogP contribution < -0.4 is 10.1 Å². The maximum Gasteiger partial charge on any atom is 0.269 e. The van der Waals surface area contributed by atoms with Crippen molar-refractivity contribution in [3.05, 3.63) is 63.2 Å². The number of anilines is 1. The summed E-state index contributed by atoms with van der Waals surface area (Å²) in [6.45, 7) is 2.05. The highest BCUT2D eigenvalue weighted by Crippen LogP contribution is 2.20. The molecule has 0 aliphatic rings. The van der Waals surface area contributed by atoms with Crippen molar-refractivity contribution < 1.29 is 14.5 Å². The van der Waals surface area contributed by atoms with E-state index in [1.807, 2.05) is 13.0 Å². The number of nitro benzene ring substituents is 1. The summed E-state index contributed by atoms with van der Waals surface area (Å²) in [6, 6.07) is 11.0. The minimum Gasteiger partial charge on any atom is -0.493 e. The predicted molar refractivity (Wildman–Crippen MR) is 88.0 cm³/mol. The maximum absolute atomic E-state index is 11.8. The Balaban J connectivity index is 1.80. The molecule has 1 amide bonds. The highest BCUT2D eigenvalue weighted by atomic mass is 35.5. The summed E-state index contributed by atoms with van der Waals surface area (Å²) in [5, 5.41) is 13.9. The lowest BCUT2D eigenvalue weighted by Crippen LogP contribution is -2.15. The van der Waals surface area contributed by atoms with Gasteiger partial charge in [0.1, 0.15) is 5.75 Å². The second kappa shape index (κ2) is 7.60. The Morgan fingerprint density at radius 2 is 1.96 bits per heavy atom. The fourth-order valence-corrected chi connectivity index (χ4v) is 2.00. The average molecular weight is 335 g/mol. The standard InChI is InChI=1S/C16H15ClN2O4/c1-11-2-3-12(10-15(11)17)18-16(20)8-9-23-14-6-4-13(5-7-14)19(21)22/h2-7,10H,8-9H2,1H3,(H,18,20). The first kappa shape index (κ1) is 16.8. The van der Waals surface area contributed by atoms with Gasteiger partial charge >= 0.3 is 0 Å². The Morgan fingerprint density at radius 1 is 1.26 bits per heavy atom. The van der Waals surface area contributed by atoms with Gasteiger partial charge in [0.15, 0.2) is 0 Å². The molecule has 0 heterocycles. The topological polar surface area (TPSA) is 81.5 Å². The third-order valence-electron chi connectivity index (χ3n) is 3.10. The lowest BCUT2D eigenvalue weighted by Gasteiger charge is -2.08. The average Bonchev–Trinajstić information content (AvgIpc) is 2.51. The summed E-state index contributed by atoms with van der Waals surface area (Å²) in [4.78, 5) is 21.9. The number of aryl methyl sites for hydroxylation is 1. The van der Waals surface area contributed by atoms with Crippen LogP contribution in [-0.2, 0) is 4.79 Å². The Kier molecular flexibility index (Phi) is 5.54. The molecule has 0 radical (unpaired) electrons. The number of hydrogen-bond donors (Lipinski definition) is 1. The fourth-order valence-electron chi connectivity index (χ4n) is 1.82. The number of amides is 1. The van der Waals surface area contributed by atoms with Crippen LogP contribution in [0.1, 0.15) is 12.0 Å². The molecule has 0 aromatic heterocycles. The van der Waals surface area contributed by atoms with Gasteiger partial charge in [-0.05, 0) is 36.8 Å². The number of carbonyl (C=O) groups excluding carboxylic acids is 1. The monoisotopic (exact) mass is 334 g/mol. The van der Waals surface area contributed by atoms with Gasteiger partial charge in [-0.3, -0.25) is 14.9 Å². The first-order valence-electron chi connectivity index (χ1n) is 6.89. The van der Waals surface area contributed by atoms with Crippen molar-refractivity contribution in [2.24, 2.45) is 0 Å². The molecule has 2 aromatic rings. The van der Waals surface area contributed by atoms with Crippen LogP contribution in [0.5, 0.6) is 5.75 Å². The van der Waals surface area contributed by atoms with E-state index in [0.717, 1.165) is 5.56 Å². The summed E-state index contributed by atoms with van der Waals surface area (Å²) >= 11 is 5.99. The smallest absolute Gasteiger partial charge is 0.269 e. The number of benzene rings is 2.